The van der Waals surface area contributed by atoms with Gasteiger partial charge in [0.25, 0.3) is 0 Å². The number of hydrogen-bond acceptors (Lipinski definition) is 10. The van der Waals surface area contributed by atoms with Gasteiger partial charge in [0.15, 0.2) is 5.78 Å². The van der Waals surface area contributed by atoms with Gasteiger partial charge in [0.2, 0.25) is 27.7 Å². The molecule has 4 amide bonds. The topological polar surface area (TPSA) is 177 Å². The molecule has 1 aromatic rings. The van der Waals surface area contributed by atoms with Gasteiger partial charge in [-0.15, -0.1) is 11.6 Å². The monoisotopic (exact) mass is 806 g/mol. The van der Waals surface area contributed by atoms with Crippen LogP contribution in [-0.4, -0.2) is 107 Å². The van der Waals surface area contributed by atoms with Crippen molar-refractivity contribution >= 4 is 57.2 Å². The molecule has 5 aliphatic rings. The van der Waals surface area contributed by atoms with Crippen LogP contribution in [0.4, 0.5) is 9.18 Å². The summed E-state index contributed by atoms with van der Waals surface area (Å²) >= 11 is 5.97. The van der Waals surface area contributed by atoms with Crippen molar-refractivity contribution in [2.24, 2.45) is 17.3 Å². The summed E-state index contributed by atoms with van der Waals surface area (Å²) < 4.78 is 53.8. The van der Waals surface area contributed by atoms with Crippen LogP contribution in [0, 0.1) is 23.1 Å². The molecule has 0 spiro atoms. The van der Waals surface area contributed by atoms with Gasteiger partial charge >= 0.3 is 12.1 Å². The molecule has 1 aromatic carbocycles. The van der Waals surface area contributed by atoms with E-state index in [0.717, 1.165) is 0 Å². The molecule has 0 radical (unpaired) electrons. The average Bonchev–Trinajstić information content (AvgIpc) is 3.99. The third-order valence-corrected chi connectivity index (χ3v) is 12.9. The van der Waals surface area contributed by atoms with Crippen LogP contribution in [0.1, 0.15) is 83.3 Å². The highest BCUT2D eigenvalue weighted by Crippen LogP contribution is 2.57. The summed E-state index contributed by atoms with van der Waals surface area (Å²) in [5, 5.41) is -0.669. The van der Waals surface area contributed by atoms with E-state index in [2.05, 4.69) is 4.72 Å². The molecular formula is C38H48ClFN4O10S. The zero-order valence-electron chi connectivity index (χ0n) is 31.3. The highest BCUT2D eigenvalue weighted by atomic mass is 35.5. The maximum absolute atomic E-state index is 14.6. The first-order valence-corrected chi connectivity index (χ1v) is 20.8. The Morgan fingerprint density at radius 2 is 1.82 bits per heavy atom. The maximum Gasteiger partial charge on any atom is 0.410 e. The number of ketones is 1. The molecule has 14 nitrogen and oxygen atoms in total. The molecule has 3 fully saturated rings. The number of benzene rings is 1. The summed E-state index contributed by atoms with van der Waals surface area (Å²) in [5.74, 6) is -5.64. The Bertz CT molecular complexity index is 1880. The Morgan fingerprint density at radius 1 is 1.07 bits per heavy atom. The minimum atomic E-state index is -3.94. The van der Waals surface area contributed by atoms with E-state index in [1.165, 1.54) is 20.8 Å². The molecule has 2 unspecified atom stereocenters. The number of esters is 1. The molecule has 1 N–H and O–H groups in total. The van der Waals surface area contributed by atoms with Gasteiger partial charge in [0.1, 0.15) is 23.4 Å². The van der Waals surface area contributed by atoms with Crippen LogP contribution in [0.25, 0.3) is 0 Å². The van der Waals surface area contributed by atoms with Crippen LogP contribution in [0.3, 0.4) is 0 Å². The van der Waals surface area contributed by atoms with Gasteiger partial charge in [-0.3, -0.25) is 33.6 Å². The second-order valence-corrected chi connectivity index (χ2v) is 18.5. The SMILES string of the molecule is CC(C)(C)OC(=O)C[C@H]1CN(C(=O)CCl)CCC/C=C\[C@@H]2C[C@@]2(C(=O)NS(=O)(=O)C2CC2)CC(=O)C2CC(OC(=O)N3Cc4cccc(F)c4C3)CN2C1=O. The largest absolute Gasteiger partial charge is 0.460 e. The highest BCUT2D eigenvalue weighted by Gasteiger charge is 2.61. The van der Waals surface area contributed by atoms with Crippen LogP contribution >= 0.6 is 11.6 Å². The summed E-state index contributed by atoms with van der Waals surface area (Å²) in [4.78, 5) is 86.5. The highest BCUT2D eigenvalue weighted by molar-refractivity contribution is 7.90. The number of Topliss-reactive ketones (excluding diaryl/α,β-unsaturated/α-hetero) is 1. The second-order valence-electron chi connectivity index (χ2n) is 16.3. The van der Waals surface area contributed by atoms with Gasteiger partial charge in [-0.1, -0.05) is 24.3 Å². The molecule has 3 aliphatic heterocycles. The number of hydrogen-bond donors (Lipinski definition) is 1. The lowest BCUT2D eigenvalue weighted by molar-refractivity contribution is -0.159. The van der Waals surface area contributed by atoms with E-state index < -0.39 is 104 Å². The fourth-order valence-electron chi connectivity index (χ4n) is 7.79. The van der Waals surface area contributed by atoms with Gasteiger partial charge in [-0.2, -0.15) is 0 Å². The predicted molar refractivity (Wildman–Crippen MR) is 196 cm³/mol. The fourth-order valence-corrected chi connectivity index (χ4v) is 9.34. The normalized spacial score (nSPS) is 27.9. The molecule has 2 aliphatic carbocycles. The van der Waals surface area contributed by atoms with Crippen molar-refractivity contribution in [1.82, 2.24) is 19.4 Å². The van der Waals surface area contributed by atoms with E-state index in [1.54, 1.807) is 39.0 Å². The number of halogens is 2. The van der Waals surface area contributed by atoms with Crippen molar-refractivity contribution in [2.75, 3.05) is 25.5 Å². The first-order valence-electron chi connectivity index (χ1n) is 18.7. The molecular weight excluding hydrogens is 759 g/mol. The van der Waals surface area contributed by atoms with Crippen molar-refractivity contribution in [1.29, 1.82) is 0 Å². The first kappa shape index (κ1) is 40.6. The number of allylic oxidation sites excluding steroid dienone is 2. The Kier molecular flexibility index (Phi) is 11.7. The number of ether oxygens (including phenoxy) is 2. The van der Waals surface area contributed by atoms with Crippen LogP contribution < -0.4 is 4.72 Å². The number of amides is 4. The van der Waals surface area contributed by atoms with E-state index in [1.807, 2.05) is 6.08 Å². The number of nitrogens with one attached hydrogen (secondary N) is 1. The number of sulfonamides is 1. The molecule has 5 atom stereocenters. The summed E-state index contributed by atoms with van der Waals surface area (Å²) in [5.41, 5.74) is -1.28. The van der Waals surface area contributed by atoms with Crippen LogP contribution in [-0.2, 0) is 56.6 Å². The smallest absolute Gasteiger partial charge is 0.410 e. The molecule has 17 heteroatoms. The lowest BCUT2D eigenvalue weighted by Crippen LogP contribution is -2.49. The quantitative estimate of drug-likeness (QED) is 0.244. The fraction of sp³-hybridized carbons (Fsp3) is 0.632. The Hall–Kier alpha value is -4.05. The standard InChI is InChI=1S/C38H48ClFN4O10S/c1-37(2,3)54-33(47)14-24-20-42(32(46)18-39)13-6-4-5-9-25-16-38(25,35(49)41-55(51,52)27-11-12-27)17-31(45)30-15-26(21-44(30)34(24)48)53-36(50)43-19-23-8-7-10-29(40)28(23)22-43/h5,7-10,24-27,30H,4,6,11-22H2,1-3H3,(H,41,49)/b9-5-/t24-,25+,26?,30?,38+/m0/s1. The summed E-state index contributed by atoms with van der Waals surface area (Å²) in [6, 6.07) is 3.33. The number of carbonyl (C=O) groups is 6. The van der Waals surface area contributed by atoms with Gasteiger partial charge in [0, 0.05) is 38.0 Å². The van der Waals surface area contributed by atoms with Crippen LogP contribution in [0.5, 0.6) is 0 Å². The number of alkyl halides is 1. The molecule has 55 heavy (non-hydrogen) atoms. The van der Waals surface area contributed by atoms with Gasteiger partial charge in [-0.05, 0) is 70.4 Å². The molecule has 0 aromatic heterocycles. The van der Waals surface area contributed by atoms with Crippen LogP contribution in [0.15, 0.2) is 30.4 Å². The Balaban J connectivity index is 1.31. The van der Waals surface area contributed by atoms with E-state index in [9.17, 15) is 41.6 Å². The zero-order valence-corrected chi connectivity index (χ0v) is 32.8. The van der Waals surface area contributed by atoms with Gasteiger partial charge < -0.3 is 19.3 Å². The molecule has 300 valence electrons. The van der Waals surface area contributed by atoms with Crippen molar-refractivity contribution < 1.29 is 51.0 Å². The zero-order chi connectivity index (χ0) is 39.9. The van der Waals surface area contributed by atoms with Crippen molar-refractivity contribution in [3.8, 4) is 0 Å². The molecule has 1 saturated heterocycles. The Labute approximate surface area is 325 Å². The average molecular weight is 807 g/mol. The van der Waals surface area contributed by atoms with Gasteiger partial charge in [0.05, 0.1) is 42.1 Å². The summed E-state index contributed by atoms with van der Waals surface area (Å²) in [6.45, 7) is 4.83. The van der Waals surface area contributed by atoms with Crippen molar-refractivity contribution in [3.63, 3.8) is 0 Å². The first-order chi connectivity index (χ1) is 25.9. The number of nitrogens with zero attached hydrogens (tertiary/aromatic N) is 3. The van der Waals surface area contributed by atoms with Crippen LogP contribution in [0.2, 0.25) is 0 Å². The van der Waals surface area contributed by atoms with Crippen molar-refractivity contribution in [3.05, 3.63) is 47.3 Å². The number of carbonyl (C=O) groups excluding carboxylic acids is 6. The van der Waals surface area contributed by atoms with E-state index in [4.69, 9.17) is 21.1 Å². The minimum absolute atomic E-state index is 0.0305. The van der Waals surface area contributed by atoms with Crippen molar-refractivity contribution in [2.45, 2.75) is 108 Å². The summed E-state index contributed by atoms with van der Waals surface area (Å²) in [6.07, 6.45) is 2.84. The molecule has 6 rings (SSSR count). The van der Waals surface area contributed by atoms with E-state index >= 15 is 0 Å². The van der Waals surface area contributed by atoms with E-state index in [-0.39, 0.29) is 51.4 Å². The third-order valence-electron chi connectivity index (χ3n) is 10.9. The molecule has 2 saturated carbocycles. The number of fused-ring (bicyclic) bond motifs is 3. The molecule has 0 bridgehead atoms. The summed E-state index contributed by atoms with van der Waals surface area (Å²) in [7, 11) is -3.94. The lowest BCUT2D eigenvalue weighted by Gasteiger charge is -2.32. The van der Waals surface area contributed by atoms with Gasteiger partial charge in [-0.25, -0.2) is 17.6 Å². The van der Waals surface area contributed by atoms with E-state index in [0.29, 0.717) is 36.8 Å². The number of rotatable bonds is 7. The predicted octanol–water partition coefficient (Wildman–Crippen LogP) is 3.59. The minimum Gasteiger partial charge on any atom is -0.460 e. The third kappa shape index (κ3) is 9.33. The Morgan fingerprint density at radius 3 is 2.49 bits per heavy atom. The second kappa shape index (κ2) is 15.8. The maximum atomic E-state index is 14.6. The molecule has 3 heterocycles. The lowest BCUT2D eigenvalue weighted by atomic mass is 9.91.